The van der Waals surface area contributed by atoms with Crippen LogP contribution in [0.2, 0.25) is 5.02 Å². The second kappa shape index (κ2) is 8.44. The number of benzene rings is 2. The molecule has 0 aliphatic rings. The third kappa shape index (κ3) is 5.18. The predicted octanol–water partition coefficient (Wildman–Crippen LogP) is 3.26. The fourth-order valence-corrected chi connectivity index (χ4v) is 2.39. The summed E-state index contributed by atoms with van der Waals surface area (Å²) in [5.41, 5.74) is 1.93. The van der Waals surface area contributed by atoms with E-state index in [1.54, 1.807) is 26.4 Å². The Morgan fingerprint density at radius 3 is 2.48 bits per heavy atom. The highest BCUT2D eigenvalue weighted by atomic mass is 35.5. The average Bonchev–Trinajstić information content (AvgIpc) is 2.57. The Kier molecular flexibility index (Phi) is 6.29. The van der Waals surface area contributed by atoms with Crippen LogP contribution in [0.5, 0.6) is 11.5 Å². The van der Waals surface area contributed by atoms with Crippen molar-refractivity contribution in [3.8, 4) is 11.5 Å². The minimum atomic E-state index is -0.0193. The fourth-order valence-electron chi connectivity index (χ4n) is 2.26. The molecule has 5 heteroatoms. The molecule has 2 rings (SSSR count). The monoisotopic (exact) mass is 333 g/mol. The van der Waals surface area contributed by atoms with Gasteiger partial charge in [-0.25, -0.2) is 0 Å². The second-order valence-corrected chi connectivity index (χ2v) is 5.52. The molecule has 0 unspecified atom stereocenters. The first-order chi connectivity index (χ1) is 11.1. The van der Waals surface area contributed by atoms with Crippen molar-refractivity contribution in [3.05, 3.63) is 58.6 Å². The van der Waals surface area contributed by atoms with Crippen LogP contribution >= 0.6 is 11.6 Å². The van der Waals surface area contributed by atoms with Crippen LogP contribution in [0.4, 0.5) is 0 Å². The van der Waals surface area contributed by atoms with Crippen molar-refractivity contribution in [2.24, 2.45) is 0 Å². The molecule has 0 fully saturated rings. The van der Waals surface area contributed by atoms with E-state index in [1.807, 2.05) is 30.3 Å². The van der Waals surface area contributed by atoms with E-state index >= 15 is 0 Å². The molecule has 1 amide bonds. The van der Waals surface area contributed by atoms with Gasteiger partial charge in [-0.15, -0.1) is 0 Å². The van der Waals surface area contributed by atoms with Crippen molar-refractivity contribution in [3.63, 3.8) is 0 Å². The third-order valence-electron chi connectivity index (χ3n) is 3.48. The van der Waals surface area contributed by atoms with Crippen molar-refractivity contribution in [1.82, 2.24) is 5.32 Å². The van der Waals surface area contributed by atoms with E-state index in [-0.39, 0.29) is 5.91 Å². The predicted molar refractivity (Wildman–Crippen MR) is 91.4 cm³/mol. The zero-order chi connectivity index (χ0) is 16.7. The zero-order valence-corrected chi connectivity index (χ0v) is 14.0. The maximum atomic E-state index is 12.0. The van der Waals surface area contributed by atoms with E-state index in [1.165, 1.54) is 0 Å². The summed E-state index contributed by atoms with van der Waals surface area (Å²) in [5, 5.41) is 3.58. The van der Waals surface area contributed by atoms with Gasteiger partial charge < -0.3 is 14.8 Å². The molecule has 1 N–H and O–H groups in total. The Balaban J connectivity index is 1.86. The van der Waals surface area contributed by atoms with Gasteiger partial charge in [-0.3, -0.25) is 4.79 Å². The Morgan fingerprint density at radius 2 is 1.83 bits per heavy atom. The second-order valence-electron chi connectivity index (χ2n) is 5.08. The molecule has 0 saturated heterocycles. The summed E-state index contributed by atoms with van der Waals surface area (Å²) in [5.74, 6) is 1.54. The summed E-state index contributed by atoms with van der Waals surface area (Å²) in [6.45, 7) is 0.538. The molecule has 2 aromatic rings. The standard InChI is InChI=1S/C18H20ClNO3/c1-22-16-7-8-17(23-2)14(12-16)9-10-20-18(21)11-13-3-5-15(19)6-4-13/h3-8,12H,9-11H2,1-2H3,(H,20,21). The van der Waals surface area contributed by atoms with Crippen LogP contribution < -0.4 is 14.8 Å². The molecule has 0 heterocycles. The lowest BCUT2D eigenvalue weighted by Crippen LogP contribution is -2.27. The van der Waals surface area contributed by atoms with Crippen molar-refractivity contribution in [2.45, 2.75) is 12.8 Å². The first kappa shape index (κ1) is 17.2. The zero-order valence-electron chi connectivity index (χ0n) is 13.3. The number of carbonyl (C=O) groups is 1. The molecule has 0 radical (unpaired) electrons. The molecule has 0 atom stereocenters. The van der Waals surface area contributed by atoms with Gasteiger partial charge in [-0.1, -0.05) is 23.7 Å². The quantitative estimate of drug-likeness (QED) is 0.846. The minimum absolute atomic E-state index is 0.0193. The van der Waals surface area contributed by atoms with Crippen LogP contribution in [0.3, 0.4) is 0 Å². The summed E-state index contributed by atoms with van der Waals surface area (Å²) in [6, 6.07) is 12.9. The molecule has 0 aliphatic carbocycles. The van der Waals surface area contributed by atoms with Crippen LogP contribution in [0.15, 0.2) is 42.5 Å². The first-order valence-corrected chi connectivity index (χ1v) is 7.72. The Morgan fingerprint density at radius 1 is 1.09 bits per heavy atom. The lowest BCUT2D eigenvalue weighted by molar-refractivity contribution is -0.120. The van der Waals surface area contributed by atoms with Crippen LogP contribution in [-0.2, 0) is 17.6 Å². The lowest BCUT2D eigenvalue weighted by Gasteiger charge is -2.11. The van der Waals surface area contributed by atoms with Crippen LogP contribution in [0.1, 0.15) is 11.1 Å². The van der Waals surface area contributed by atoms with Gasteiger partial charge in [0, 0.05) is 11.6 Å². The maximum Gasteiger partial charge on any atom is 0.224 e. The van der Waals surface area contributed by atoms with Gasteiger partial charge >= 0.3 is 0 Å². The number of hydrogen-bond donors (Lipinski definition) is 1. The number of methoxy groups -OCH3 is 2. The number of carbonyl (C=O) groups excluding carboxylic acids is 1. The summed E-state index contributed by atoms with van der Waals surface area (Å²) in [4.78, 5) is 12.0. The topological polar surface area (TPSA) is 47.6 Å². The number of nitrogens with one attached hydrogen (secondary N) is 1. The first-order valence-electron chi connectivity index (χ1n) is 7.34. The van der Waals surface area contributed by atoms with Gasteiger partial charge in [-0.05, 0) is 47.9 Å². The molecule has 23 heavy (non-hydrogen) atoms. The van der Waals surface area contributed by atoms with Crippen molar-refractivity contribution < 1.29 is 14.3 Å². The summed E-state index contributed by atoms with van der Waals surface area (Å²) in [6.07, 6.45) is 1.01. The van der Waals surface area contributed by atoms with Crippen LogP contribution in [0, 0.1) is 0 Å². The van der Waals surface area contributed by atoms with Crippen molar-refractivity contribution in [1.29, 1.82) is 0 Å². The highest BCUT2D eigenvalue weighted by molar-refractivity contribution is 6.30. The average molecular weight is 334 g/mol. The number of halogens is 1. The summed E-state index contributed by atoms with van der Waals surface area (Å²) in [7, 11) is 3.25. The Hall–Kier alpha value is -2.20. The molecule has 2 aromatic carbocycles. The van der Waals surface area contributed by atoms with Crippen molar-refractivity contribution in [2.75, 3.05) is 20.8 Å². The van der Waals surface area contributed by atoms with Gasteiger partial charge in [-0.2, -0.15) is 0 Å². The molecular formula is C18H20ClNO3. The molecule has 0 aliphatic heterocycles. The molecule has 0 saturated carbocycles. The van der Waals surface area contributed by atoms with Crippen molar-refractivity contribution >= 4 is 17.5 Å². The molecule has 0 spiro atoms. The number of hydrogen-bond acceptors (Lipinski definition) is 3. The molecule has 0 bridgehead atoms. The van der Waals surface area contributed by atoms with Gasteiger partial charge in [0.2, 0.25) is 5.91 Å². The van der Waals surface area contributed by atoms with Crippen LogP contribution in [0.25, 0.3) is 0 Å². The SMILES string of the molecule is COc1ccc(OC)c(CCNC(=O)Cc2ccc(Cl)cc2)c1. The van der Waals surface area contributed by atoms with E-state index in [4.69, 9.17) is 21.1 Å². The number of rotatable bonds is 7. The minimum Gasteiger partial charge on any atom is -0.497 e. The highest BCUT2D eigenvalue weighted by Crippen LogP contribution is 2.24. The Bertz CT molecular complexity index is 656. The Labute approximate surface area is 141 Å². The fraction of sp³-hybridized carbons (Fsp3) is 0.278. The van der Waals surface area contributed by atoms with E-state index in [0.717, 1.165) is 22.6 Å². The number of amides is 1. The molecular weight excluding hydrogens is 314 g/mol. The van der Waals surface area contributed by atoms with Crippen LogP contribution in [-0.4, -0.2) is 26.7 Å². The maximum absolute atomic E-state index is 12.0. The smallest absolute Gasteiger partial charge is 0.224 e. The summed E-state index contributed by atoms with van der Waals surface area (Å²) >= 11 is 5.83. The highest BCUT2D eigenvalue weighted by Gasteiger charge is 2.07. The molecule has 0 aromatic heterocycles. The van der Waals surface area contributed by atoms with Gasteiger partial charge in [0.05, 0.1) is 20.6 Å². The van der Waals surface area contributed by atoms with Gasteiger partial charge in [0.15, 0.2) is 0 Å². The largest absolute Gasteiger partial charge is 0.497 e. The molecule has 122 valence electrons. The summed E-state index contributed by atoms with van der Waals surface area (Å²) < 4.78 is 10.5. The van der Waals surface area contributed by atoms with E-state index < -0.39 is 0 Å². The van der Waals surface area contributed by atoms with Gasteiger partial charge in [0.1, 0.15) is 11.5 Å². The van der Waals surface area contributed by atoms with E-state index in [2.05, 4.69) is 5.32 Å². The van der Waals surface area contributed by atoms with E-state index in [9.17, 15) is 4.79 Å². The lowest BCUT2D eigenvalue weighted by atomic mass is 10.1. The third-order valence-corrected chi connectivity index (χ3v) is 3.73. The number of ether oxygens (including phenoxy) is 2. The van der Waals surface area contributed by atoms with Gasteiger partial charge in [0.25, 0.3) is 0 Å². The normalized spacial score (nSPS) is 10.2. The molecule has 4 nitrogen and oxygen atoms in total. The van der Waals surface area contributed by atoms with E-state index in [0.29, 0.717) is 24.4 Å².